The third-order valence-electron chi connectivity index (χ3n) is 3.35. The minimum atomic E-state index is -0.0601. The molecule has 0 saturated heterocycles. The average Bonchev–Trinajstić information content (AvgIpc) is 2.49. The first-order chi connectivity index (χ1) is 9.65. The molecule has 2 rings (SSSR count). The lowest BCUT2D eigenvalue weighted by molar-refractivity contribution is 0.102. The van der Waals surface area contributed by atoms with Gasteiger partial charge in [-0.3, -0.25) is 4.79 Å². The number of hydrogen-bond acceptors (Lipinski definition) is 1. The van der Waals surface area contributed by atoms with Gasteiger partial charge in [0.1, 0.15) is 0 Å². The molecule has 1 N–H and O–H groups in total. The fraction of sp³-hybridized carbons (Fsp3) is 0.235. The third-order valence-corrected chi connectivity index (χ3v) is 4.00. The van der Waals surface area contributed by atoms with Crippen LogP contribution in [0.1, 0.15) is 34.0 Å². The second kappa shape index (κ2) is 6.71. The van der Waals surface area contributed by atoms with Crippen molar-refractivity contribution in [3.63, 3.8) is 0 Å². The van der Waals surface area contributed by atoms with Crippen LogP contribution in [0.4, 0.5) is 5.69 Å². The van der Waals surface area contributed by atoms with Crippen molar-refractivity contribution in [3.05, 3.63) is 64.7 Å². The molecule has 0 aromatic heterocycles. The first kappa shape index (κ1) is 14.8. The molecule has 0 aliphatic heterocycles. The Kier molecular flexibility index (Phi) is 4.96. The fourth-order valence-corrected chi connectivity index (χ4v) is 2.51. The zero-order valence-electron chi connectivity index (χ0n) is 11.7. The number of carbonyl (C=O) groups excluding carboxylic acids is 1. The summed E-state index contributed by atoms with van der Waals surface area (Å²) in [5.41, 5.74) is 5.03. The van der Waals surface area contributed by atoms with Crippen molar-refractivity contribution in [1.82, 2.24) is 0 Å². The van der Waals surface area contributed by atoms with Crippen LogP contribution in [0.25, 0.3) is 0 Å². The molecule has 2 aromatic rings. The lowest BCUT2D eigenvalue weighted by atomic mass is 10.1. The first-order valence-corrected chi connectivity index (χ1v) is 7.82. The van der Waals surface area contributed by atoms with Gasteiger partial charge in [0, 0.05) is 16.6 Å². The molecule has 0 fully saturated rings. The monoisotopic (exact) mass is 331 g/mol. The number of para-hydroxylation sites is 1. The van der Waals surface area contributed by atoms with Crippen molar-refractivity contribution in [2.24, 2.45) is 0 Å². The standard InChI is InChI=1S/C17H18BrNO/c1-3-14-6-4-5-12(2)16(14)19-17(20)15-9-7-13(11-18)8-10-15/h4-10H,3,11H2,1-2H3,(H,19,20). The van der Waals surface area contributed by atoms with Crippen LogP contribution in [-0.2, 0) is 11.8 Å². The van der Waals surface area contributed by atoms with E-state index in [0.29, 0.717) is 5.56 Å². The molecule has 0 spiro atoms. The summed E-state index contributed by atoms with van der Waals surface area (Å²) in [6, 6.07) is 13.7. The van der Waals surface area contributed by atoms with Crippen LogP contribution in [0.15, 0.2) is 42.5 Å². The number of nitrogens with one attached hydrogen (secondary N) is 1. The van der Waals surface area contributed by atoms with E-state index in [1.54, 1.807) is 0 Å². The summed E-state index contributed by atoms with van der Waals surface area (Å²) in [7, 11) is 0. The summed E-state index contributed by atoms with van der Waals surface area (Å²) in [5, 5.41) is 3.83. The van der Waals surface area contributed by atoms with Gasteiger partial charge in [0.2, 0.25) is 0 Å². The van der Waals surface area contributed by atoms with Gasteiger partial charge in [0.25, 0.3) is 5.91 Å². The highest BCUT2D eigenvalue weighted by Crippen LogP contribution is 2.22. The number of halogens is 1. The number of benzene rings is 2. The Bertz CT molecular complexity index is 605. The maximum atomic E-state index is 12.3. The van der Waals surface area contributed by atoms with E-state index >= 15 is 0 Å². The Morgan fingerprint density at radius 2 is 1.85 bits per heavy atom. The number of alkyl halides is 1. The van der Waals surface area contributed by atoms with Gasteiger partial charge in [0.15, 0.2) is 0 Å². The number of anilines is 1. The van der Waals surface area contributed by atoms with Gasteiger partial charge in [-0.1, -0.05) is 53.2 Å². The predicted octanol–water partition coefficient (Wildman–Crippen LogP) is 4.70. The Balaban J connectivity index is 2.23. The van der Waals surface area contributed by atoms with E-state index in [2.05, 4.69) is 34.2 Å². The SMILES string of the molecule is CCc1cccc(C)c1NC(=O)c1ccc(CBr)cc1. The molecule has 0 unspecified atom stereocenters. The highest BCUT2D eigenvalue weighted by Gasteiger charge is 2.10. The normalized spacial score (nSPS) is 10.3. The molecule has 0 heterocycles. The minimum Gasteiger partial charge on any atom is -0.321 e. The van der Waals surface area contributed by atoms with E-state index in [1.807, 2.05) is 43.3 Å². The van der Waals surface area contributed by atoms with E-state index in [9.17, 15) is 4.79 Å². The quantitative estimate of drug-likeness (QED) is 0.808. The molecule has 0 radical (unpaired) electrons. The van der Waals surface area contributed by atoms with Gasteiger partial charge >= 0.3 is 0 Å². The van der Waals surface area contributed by atoms with Crippen molar-refractivity contribution in [2.45, 2.75) is 25.6 Å². The van der Waals surface area contributed by atoms with Crippen molar-refractivity contribution in [3.8, 4) is 0 Å². The van der Waals surface area contributed by atoms with Crippen molar-refractivity contribution < 1.29 is 4.79 Å². The zero-order valence-corrected chi connectivity index (χ0v) is 13.3. The highest BCUT2D eigenvalue weighted by molar-refractivity contribution is 9.08. The maximum absolute atomic E-state index is 12.3. The average molecular weight is 332 g/mol. The largest absolute Gasteiger partial charge is 0.321 e. The van der Waals surface area contributed by atoms with Gasteiger partial charge in [-0.25, -0.2) is 0 Å². The molecule has 20 heavy (non-hydrogen) atoms. The number of rotatable bonds is 4. The maximum Gasteiger partial charge on any atom is 0.255 e. The smallest absolute Gasteiger partial charge is 0.255 e. The lowest BCUT2D eigenvalue weighted by Crippen LogP contribution is -2.14. The summed E-state index contributed by atoms with van der Waals surface area (Å²) >= 11 is 3.40. The highest BCUT2D eigenvalue weighted by atomic mass is 79.9. The first-order valence-electron chi connectivity index (χ1n) is 6.70. The third kappa shape index (κ3) is 3.28. The number of amides is 1. The summed E-state index contributed by atoms with van der Waals surface area (Å²) in [6.45, 7) is 4.11. The zero-order chi connectivity index (χ0) is 14.5. The molecule has 2 aromatic carbocycles. The van der Waals surface area contributed by atoms with Crippen LogP contribution < -0.4 is 5.32 Å². The molecule has 0 bridgehead atoms. The number of aryl methyl sites for hydroxylation is 2. The van der Waals surface area contributed by atoms with E-state index in [1.165, 1.54) is 0 Å². The summed E-state index contributed by atoms with van der Waals surface area (Å²) in [6.07, 6.45) is 0.903. The van der Waals surface area contributed by atoms with Crippen LogP contribution in [0.2, 0.25) is 0 Å². The topological polar surface area (TPSA) is 29.1 Å². The van der Waals surface area contributed by atoms with Gasteiger partial charge in [-0.2, -0.15) is 0 Å². The molecule has 2 nitrogen and oxygen atoms in total. The molecule has 1 amide bonds. The van der Waals surface area contributed by atoms with Gasteiger partial charge in [-0.15, -0.1) is 0 Å². The Labute approximate surface area is 128 Å². The second-order valence-electron chi connectivity index (χ2n) is 4.75. The van der Waals surface area contributed by atoms with Crippen molar-refractivity contribution in [1.29, 1.82) is 0 Å². The van der Waals surface area contributed by atoms with Crippen molar-refractivity contribution in [2.75, 3.05) is 5.32 Å². The molecular formula is C17H18BrNO. The molecule has 0 aliphatic carbocycles. The van der Waals surface area contributed by atoms with Crippen LogP contribution in [0, 0.1) is 6.92 Å². The van der Waals surface area contributed by atoms with Gasteiger partial charge in [-0.05, 0) is 42.2 Å². The van der Waals surface area contributed by atoms with Crippen LogP contribution in [0.5, 0.6) is 0 Å². The van der Waals surface area contributed by atoms with E-state index in [-0.39, 0.29) is 5.91 Å². The van der Waals surface area contributed by atoms with Crippen LogP contribution in [0.3, 0.4) is 0 Å². The van der Waals surface area contributed by atoms with Crippen molar-refractivity contribution >= 4 is 27.5 Å². The lowest BCUT2D eigenvalue weighted by Gasteiger charge is -2.13. The molecule has 0 saturated carbocycles. The van der Waals surface area contributed by atoms with Gasteiger partial charge in [0.05, 0.1) is 0 Å². The summed E-state index contributed by atoms with van der Waals surface area (Å²) < 4.78 is 0. The Morgan fingerprint density at radius 3 is 2.45 bits per heavy atom. The second-order valence-corrected chi connectivity index (χ2v) is 5.31. The number of hydrogen-bond donors (Lipinski definition) is 1. The number of carbonyl (C=O) groups is 1. The predicted molar refractivity (Wildman–Crippen MR) is 87.6 cm³/mol. The molecule has 0 aliphatic rings. The summed E-state index contributed by atoms with van der Waals surface area (Å²) in [5.74, 6) is -0.0601. The van der Waals surface area contributed by atoms with E-state index in [0.717, 1.165) is 34.1 Å². The van der Waals surface area contributed by atoms with Crippen LogP contribution >= 0.6 is 15.9 Å². The van der Waals surface area contributed by atoms with E-state index in [4.69, 9.17) is 0 Å². The fourth-order valence-electron chi connectivity index (χ4n) is 2.13. The Morgan fingerprint density at radius 1 is 1.15 bits per heavy atom. The Hall–Kier alpha value is -1.61. The molecule has 104 valence electrons. The molecular weight excluding hydrogens is 314 g/mol. The van der Waals surface area contributed by atoms with Gasteiger partial charge < -0.3 is 5.32 Å². The van der Waals surface area contributed by atoms with Crippen LogP contribution in [-0.4, -0.2) is 5.91 Å². The molecule has 0 atom stereocenters. The molecule has 3 heteroatoms. The minimum absolute atomic E-state index is 0.0601. The van der Waals surface area contributed by atoms with E-state index < -0.39 is 0 Å². The summed E-state index contributed by atoms with van der Waals surface area (Å²) in [4.78, 5) is 12.3.